The van der Waals surface area contributed by atoms with Crippen molar-refractivity contribution in [3.63, 3.8) is 0 Å². The minimum Gasteiger partial charge on any atom is -0.323 e. The zero-order valence-electron chi connectivity index (χ0n) is 11.4. The Morgan fingerprint density at radius 1 is 1.25 bits per heavy atom. The molecule has 0 aliphatic heterocycles. The van der Waals surface area contributed by atoms with E-state index in [0.717, 1.165) is 17.2 Å². The molecule has 1 fully saturated rings. The number of anilines is 2. The quantitative estimate of drug-likeness (QED) is 0.827. The summed E-state index contributed by atoms with van der Waals surface area (Å²) in [5.41, 5.74) is 1.73. The van der Waals surface area contributed by atoms with E-state index < -0.39 is 0 Å². The third-order valence-corrected chi connectivity index (χ3v) is 4.71. The Bertz CT molecular complexity index is 616. The minimum absolute atomic E-state index is 0.530. The van der Waals surface area contributed by atoms with Gasteiger partial charge in [-0.25, -0.2) is 4.98 Å². The maximum atomic E-state index is 6.34. The number of nitrogens with one attached hydrogen (secondary N) is 1. The van der Waals surface area contributed by atoms with E-state index in [1.54, 1.807) is 0 Å². The standard InChI is InChI=1S/C15H17Cl2N3/c1-10-6-7-12(16)14(13(10)17)19-15-18-8-9-20(15)11-4-2-3-5-11/h6-9,11H,2-5H2,1H3,(H,18,19). The number of hydrogen-bond acceptors (Lipinski definition) is 2. The second kappa shape index (κ2) is 5.66. The summed E-state index contributed by atoms with van der Waals surface area (Å²) < 4.78 is 2.20. The highest BCUT2D eigenvalue weighted by atomic mass is 35.5. The van der Waals surface area contributed by atoms with E-state index >= 15 is 0 Å². The molecule has 0 radical (unpaired) electrons. The fourth-order valence-electron chi connectivity index (χ4n) is 2.77. The Morgan fingerprint density at radius 3 is 2.75 bits per heavy atom. The molecule has 0 spiro atoms. The average Bonchev–Trinajstić information content (AvgIpc) is 3.09. The number of rotatable bonds is 3. The fourth-order valence-corrected chi connectivity index (χ4v) is 3.24. The van der Waals surface area contributed by atoms with Gasteiger partial charge in [-0.2, -0.15) is 0 Å². The van der Waals surface area contributed by atoms with Gasteiger partial charge in [-0.3, -0.25) is 0 Å². The Labute approximate surface area is 128 Å². The predicted octanol–water partition coefficient (Wildman–Crippen LogP) is 5.36. The van der Waals surface area contributed by atoms with Gasteiger partial charge in [0.1, 0.15) is 0 Å². The summed E-state index contributed by atoms with van der Waals surface area (Å²) >= 11 is 12.6. The number of aryl methyl sites for hydroxylation is 1. The van der Waals surface area contributed by atoms with Crippen LogP contribution in [0.1, 0.15) is 37.3 Å². The fraction of sp³-hybridized carbons (Fsp3) is 0.400. The lowest BCUT2D eigenvalue weighted by Gasteiger charge is -2.17. The molecule has 3 rings (SSSR count). The van der Waals surface area contributed by atoms with Crippen molar-refractivity contribution in [3.05, 3.63) is 40.1 Å². The molecule has 106 valence electrons. The Kier molecular flexibility index (Phi) is 3.90. The van der Waals surface area contributed by atoms with Crippen LogP contribution in [-0.2, 0) is 0 Å². The summed E-state index contributed by atoms with van der Waals surface area (Å²) in [5, 5.41) is 4.56. The van der Waals surface area contributed by atoms with Gasteiger partial charge < -0.3 is 9.88 Å². The second-order valence-corrected chi connectivity index (χ2v) is 6.06. The number of benzene rings is 1. The van der Waals surface area contributed by atoms with Gasteiger partial charge in [0.05, 0.1) is 15.7 Å². The summed E-state index contributed by atoms with van der Waals surface area (Å²) in [7, 11) is 0. The Hall–Kier alpha value is -1.19. The number of hydrogen-bond donors (Lipinski definition) is 1. The van der Waals surface area contributed by atoms with E-state index in [0.29, 0.717) is 16.1 Å². The van der Waals surface area contributed by atoms with Crippen molar-refractivity contribution in [2.45, 2.75) is 38.6 Å². The average molecular weight is 310 g/mol. The smallest absolute Gasteiger partial charge is 0.207 e. The second-order valence-electron chi connectivity index (χ2n) is 5.27. The third kappa shape index (κ3) is 2.52. The third-order valence-electron chi connectivity index (χ3n) is 3.91. The summed E-state index contributed by atoms with van der Waals surface area (Å²) in [4.78, 5) is 4.40. The summed E-state index contributed by atoms with van der Waals surface area (Å²) in [6.07, 6.45) is 8.83. The van der Waals surface area contributed by atoms with Gasteiger partial charge >= 0.3 is 0 Å². The van der Waals surface area contributed by atoms with Crippen molar-refractivity contribution >= 4 is 34.8 Å². The molecular formula is C15H17Cl2N3. The SMILES string of the molecule is Cc1ccc(Cl)c(Nc2nccn2C2CCCC2)c1Cl. The molecule has 0 bridgehead atoms. The first-order valence-corrected chi connectivity index (χ1v) is 7.67. The highest BCUT2D eigenvalue weighted by molar-refractivity contribution is 6.39. The van der Waals surface area contributed by atoms with Crippen LogP contribution in [0.3, 0.4) is 0 Å². The zero-order chi connectivity index (χ0) is 14.1. The van der Waals surface area contributed by atoms with Crippen LogP contribution in [0.5, 0.6) is 0 Å². The first kappa shape index (κ1) is 13.8. The normalized spacial score (nSPS) is 15.8. The van der Waals surface area contributed by atoms with Crippen LogP contribution in [0.2, 0.25) is 10.0 Å². The van der Waals surface area contributed by atoms with Crippen LogP contribution in [0, 0.1) is 6.92 Å². The largest absolute Gasteiger partial charge is 0.323 e. The summed E-state index contributed by atoms with van der Waals surface area (Å²) in [6, 6.07) is 4.30. The van der Waals surface area contributed by atoms with Gasteiger partial charge in [-0.05, 0) is 31.4 Å². The Morgan fingerprint density at radius 2 is 2.00 bits per heavy atom. The van der Waals surface area contributed by atoms with Crippen molar-refractivity contribution in [1.29, 1.82) is 0 Å². The van der Waals surface area contributed by atoms with Crippen LogP contribution >= 0.6 is 23.2 Å². The summed E-state index contributed by atoms with van der Waals surface area (Å²) in [6.45, 7) is 1.97. The lowest BCUT2D eigenvalue weighted by Crippen LogP contribution is -2.08. The number of halogens is 2. The lowest BCUT2D eigenvalue weighted by atomic mass is 10.2. The molecule has 0 atom stereocenters. The maximum Gasteiger partial charge on any atom is 0.207 e. The monoisotopic (exact) mass is 309 g/mol. The van der Waals surface area contributed by atoms with E-state index in [-0.39, 0.29) is 0 Å². The van der Waals surface area contributed by atoms with E-state index in [1.165, 1.54) is 25.7 Å². The van der Waals surface area contributed by atoms with E-state index in [4.69, 9.17) is 23.2 Å². The first-order valence-electron chi connectivity index (χ1n) is 6.91. The molecule has 0 saturated heterocycles. The molecule has 1 saturated carbocycles. The molecule has 2 aromatic rings. The van der Waals surface area contributed by atoms with Crippen molar-refractivity contribution in [1.82, 2.24) is 9.55 Å². The van der Waals surface area contributed by atoms with Crippen LogP contribution in [0.4, 0.5) is 11.6 Å². The Balaban J connectivity index is 1.92. The van der Waals surface area contributed by atoms with Crippen LogP contribution in [0.25, 0.3) is 0 Å². The molecule has 1 aliphatic rings. The predicted molar refractivity (Wildman–Crippen MR) is 84.2 cm³/mol. The van der Waals surface area contributed by atoms with Crippen molar-refractivity contribution in [3.8, 4) is 0 Å². The summed E-state index contributed by atoms with van der Waals surface area (Å²) in [5.74, 6) is 0.811. The van der Waals surface area contributed by atoms with E-state index in [9.17, 15) is 0 Å². The molecule has 20 heavy (non-hydrogen) atoms. The first-order chi connectivity index (χ1) is 9.66. The minimum atomic E-state index is 0.530. The number of imidazole rings is 1. The lowest BCUT2D eigenvalue weighted by molar-refractivity contribution is 0.525. The van der Waals surface area contributed by atoms with Crippen LogP contribution in [-0.4, -0.2) is 9.55 Å². The molecule has 1 aromatic heterocycles. The van der Waals surface area contributed by atoms with Gasteiger partial charge in [0.15, 0.2) is 0 Å². The van der Waals surface area contributed by atoms with E-state index in [1.807, 2.05) is 31.5 Å². The molecule has 0 unspecified atom stereocenters. The molecule has 0 amide bonds. The van der Waals surface area contributed by atoms with Gasteiger partial charge in [-0.15, -0.1) is 0 Å². The maximum absolute atomic E-state index is 6.34. The highest BCUT2D eigenvalue weighted by Gasteiger charge is 2.20. The molecule has 1 N–H and O–H groups in total. The van der Waals surface area contributed by atoms with Gasteiger partial charge in [0.25, 0.3) is 0 Å². The van der Waals surface area contributed by atoms with Crippen LogP contribution < -0.4 is 5.32 Å². The van der Waals surface area contributed by atoms with Gasteiger partial charge in [-0.1, -0.05) is 42.1 Å². The van der Waals surface area contributed by atoms with Gasteiger partial charge in [0.2, 0.25) is 5.95 Å². The van der Waals surface area contributed by atoms with Crippen molar-refractivity contribution in [2.24, 2.45) is 0 Å². The number of aromatic nitrogens is 2. The topological polar surface area (TPSA) is 29.9 Å². The molecule has 1 aromatic carbocycles. The van der Waals surface area contributed by atoms with Crippen molar-refractivity contribution in [2.75, 3.05) is 5.32 Å². The van der Waals surface area contributed by atoms with Gasteiger partial charge in [0, 0.05) is 18.4 Å². The highest BCUT2D eigenvalue weighted by Crippen LogP contribution is 2.37. The molecule has 5 heteroatoms. The van der Waals surface area contributed by atoms with Crippen molar-refractivity contribution < 1.29 is 0 Å². The van der Waals surface area contributed by atoms with E-state index in [2.05, 4.69) is 14.9 Å². The zero-order valence-corrected chi connectivity index (χ0v) is 12.9. The molecule has 3 nitrogen and oxygen atoms in total. The number of nitrogens with zero attached hydrogens (tertiary/aromatic N) is 2. The molecule has 1 heterocycles. The molecule has 1 aliphatic carbocycles. The van der Waals surface area contributed by atoms with Crippen LogP contribution in [0.15, 0.2) is 24.5 Å². The molecular weight excluding hydrogens is 293 g/mol.